The minimum absolute atomic E-state index is 0.262. The monoisotopic (exact) mass is 263 g/mol. The maximum absolute atomic E-state index is 12.0. The summed E-state index contributed by atoms with van der Waals surface area (Å²) in [6.45, 7) is 0.370. The van der Waals surface area contributed by atoms with E-state index in [9.17, 15) is 9.59 Å². The van der Waals surface area contributed by atoms with E-state index >= 15 is 0 Å². The fourth-order valence-electron chi connectivity index (χ4n) is 1.98. The first-order chi connectivity index (χ1) is 9.12. The molecule has 0 aliphatic heterocycles. The maximum Gasteiger partial charge on any atom is 0.321 e. The van der Waals surface area contributed by atoms with Crippen LogP contribution >= 0.6 is 0 Å². The quantitative estimate of drug-likeness (QED) is 0.641. The predicted molar refractivity (Wildman–Crippen MR) is 68.5 cm³/mol. The average molecular weight is 263 g/mol. The summed E-state index contributed by atoms with van der Waals surface area (Å²) >= 11 is 0. The second kappa shape index (κ2) is 5.30. The summed E-state index contributed by atoms with van der Waals surface area (Å²) in [5.41, 5.74) is -0.0264. The molecule has 1 aliphatic carbocycles. The van der Waals surface area contributed by atoms with Gasteiger partial charge in [0.2, 0.25) is 5.91 Å². The van der Waals surface area contributed by atoms with E-state index in [0.717, 1.165) is 11.3 Å². The summed E-state index contributed by atoms with van der Waals surface area (Å²) in [6.07, 6.45) is 1.12. The molecule has 2 rings (SSSR count). The number of methoxy groups -OCH3 is 2. The standard InChI is InChI=1S/C14H17NO4/c1-18-11-5-3-4-10(8-11)9-15-12(16)14(6-7-14)13(17)19-2/h3-5,8H,6-7,9H2,1-2H3,(H,15,16). The van der Waals surface area contributed by atoms with Crippen LogP contribution in [0.1, 0.15) is 18.4 Å². The zero-order chi connectivity index (χ0) is 13.9. The lowest BCUT2D eigenvalue weighted by atomic mass is 10.1. The lowest BCUT2D eigenvalue weighted by molar-refractivity contribution is -0.152. The fraction of sp³-hybridized carbons (Fsp3) is 0.429. The summed E-state index contributed by atoms with van der Waals surface area (Å²) in [5, 5.41) is 2.77. The number of hydrogen-bond donors (Lipinski definition) is 1. The summed E-state index contributed by atoms with van der Waals surface area (Å²) in [5.74, 6) is 0.0265. The van der Waals surface area contributed by atoms with Gasteiger partial charge < -0.3 is 14.8 Å². The van der Waals surface area contributed by atoms with E-state index in [1.165, 1.54) is 7.11 Å². The smallest absolute Gasteiger partial charge is 0.321 e. The summed E-state index contributed by atoms with van der Waals surface area (Å²) < 4.78 is 9.78. The second-order valence-electron chi connectivity index (χ2n) is 4.61. The lowest BCUT2D eigenvalue weighted by Crippen LogP contribution is -2.37. The third-order valence-corrected chi connectivity index (χ3v) is 3.35. The van der Waals surface area contributed by atoms with Gasteiger partial charge in [-0.25, -0.2) is 0 Å². The molecule has 1 aliphatic rings. The summed E-state index contributed by atoms with van der Waals surface area (Å²) in [7, 11) is 2.89. The molecule has 1 aromatic rings. The van der Waals surface area contributed by atoms with Crippen LogP contribution in [0.25, 0.3) is 0 Å². The minimum Gasteiger partial charge on any atom is -0.497 e. The molecule has 1 fully saturated rings. The third kappa shape index (κ3) is 2.70. The molecule has 0 aromatic heterocycles. The largest absolute Gasteiger partial charge is 0.497 e. The lowest BCUT2D eigenvalue weighted by Gasteiger charge is -2.13. The predicted octanol–water partition coefficient (Wildman–Crippen LogP) is 1.26. The molecule has 1 saturated carbocycles. The molecule has 5 heteroatoms. The molecule has 1 amide bonds. The van der Waals surface area contributed by atoms with Gasteiger partial charge in [-0.15, -0.1) is 0 Å². The molecule has 1 aromatic carbocycles. The Hall–Kier alpha value is -2.04. The highest BCUT2D eigenvalue weighted by Crippen LogP contribution is 2.46. The number of ether oxygens (including phenoxy) is 2. The van der Waals surface area contributed by atoms with Crippen LogP contribution in [0.15, 0.2) is 24.3 Å². The van der Waals surface area contributed by atoms with Gasteiger partial charge in [0.15, 0.2) is 0 Å². The van der Waals surface area contributed by atoms with Gasteiger partial charge in [0.25, 0.3) is 0 Å². The van der Waals surface area contributed by atoms with E-state index in [-0.39, 0.29) is 5.91 Å². The van der Waals surface area contributed by atoms with Crippen LogP contribution in [0.4, 0.5) is 0 Å². The first-order valence-corrected chi connectivity index (χ1v) is 6.12. The molecule has 0 unspecified atom stereocenters. The zero-order valence-corrected chi connectivity index (χ0v) is 11.1. The van der Waals surface area contributed by atoms with Gasteiger partial charge in [0.1, 0.15) is 11.2 Å². The molecule has 0 bridgehead atoms. The number of carbonyl (C=O) groups is 2. The number of carbonyl (C=O) groups excluding carboxylic acids is 2. The van der Waals surface area contributed by atoms with Crippen LogP contribution in [0.3, 0.4) is 0 Å². The van der Waals surface area contributed by atoms with Crippen molar-refractivity contribution in [2.24, 2.45) is 5.41 Å². The van der Waals surface area contributed by atoms with E-state index in [1.807, 2.05) is 24.3 Å². The highest BCUT2D eigenvalue weighted by atomic mass is 16.5. The molecule has 1 N–H and O–H groups in total. The number of hydrogen-bond acceptors (Lipinski definition) is 4. The first kappa shape index (κ1) is 13.4. The van der Waals surface area contributed by atoms with E-state index in [2.05, 4.69) is 10.1 Å². The van der Waals surface area contributed by atoms with Gasteiger partial charge in [-0.2, -0.15) is 0 Å². The molecular weight excluding hydrogens is 246 g/mol. The van der Waals surface area contributed by atoms with Crippen molar-refractivity contribution in [3.8, 4) is 5.75 Å². The van der Waals surface area contributed by atoms with Crippen LogP contribution in [0.2, 0.25) is 0 Å². The molecule has 0 atom stereocenters. The van der Waals surface area contributed by atoms with Crippen molar-refractivity contribution < 1.29 is 19.1 Å². The normalized spacial score (nSPS) is 15.5. The number of rotatable bonds is 5. The Labute approximate surface area is 111 Å². The Balaban J connectivity index is 1.95. The van der Waals surface area contributed by atoms with Crippen LogP contribution in [0, 0.1) is 5.41 Å². The van der Waals surface area contributed by atoms with E-state index < -0.39 is 11.4 Å². The Bertz CT molecular complexity index is 494. The van der Waals surface area contributed by atoms with Crippen LogP contribution in [-0.4, -0.2) is 26.1 Å². The maximum atomic E-state index is 12.0. The fourth-order valence-corrected chi connectivity index (χ4v) is 1.98. The van der Waals surface area contributed by atoms with Crippen molar-refractivity contribution in [3.05, 3.63) is 29.8 Å². The molecule has 0 spiro atoms. The Morgan fingerprint density at radius 1 is 1.32 bits per heavy atom. The van der Waals surface area contributed by atoms with Crippen LogP contribution in [-0.2, 0) is 20.9 Å². The van der Waals surface area contributed by atoms with Crippen molar-refractivity contribution in [1.29, 1.82) is 0 Å². The van der Waals surface area contributed by atoms with E-state index in [0.29, 0.717) is 19.4 Å². The van der Waals surface area contributed by atoms with Crippen molar-refractivity contribution in [3.63, 3.8) is 0 Å². The summed E-state index contributed by atoms with van der Waals surface area (Å²) in [4.78, 5) is 23.6. The molecular formula is C14H17NO4. The third-order valence-electron chi connectivity index (χ3n) is 3.35. The average Bonchev–Trinajstić information content (AvgIpc) is 3.25. The number of nitrogens with one attached hydrogen (secondary N) is 1. The van der Waals surface area contributed by atoms with Gasteiger partial charge in [-0.1, -0.05) is 12.1 Å². The van der Waals surface area contributed by atoms with Crippen LogP contribution in [0.5, 0.6) is 5.75 Å². The topological polar surface area (TPSA) is 64.6 Å². The highest BCUT2D eigenvalue weighted by Gasteiger charge is 2.57. The molecule has 0 radical (unpaired) electrons. The molecule has 0 heterocycles. The van der Waals surface area contributed by atoms with Crippen molar-refractivity contribution in [1.82, 2.24) is 5.32 Å². The van der Waals surface area contributed by atoms with E-state index in [1.54, 1.807) is 7.11 Å². The second-order valence-corrected chi connectivity index (χ2v) is 4.61. The molecule has 102 valence electrons. The van der Waals surface area contributed by atoms with Crippen molar-refractivity contribution >= 4 is 11.9 Å². The molecule has 0 saturated heterocycles. The Morgan fingerprint density at radius 2 is 2.05 bits per heavy atom. The summed E-state index contributed by atoms with van der Waals surface area (Å²) in [6, 6.07) is 7.42. The number of esters is 1. The van der Waals surface area contributed by atoms with Crippen molar-refractivity contribution in [2.75, 3.05) is 14.2 Å². The molecule has 19 heavy (non-hydrogen) atoms. The Morgan fingerprint density at radius 3 is 2.63 bits per heavy atom. The highest BCUT2D eigenvalue weighted by molar-refractivity contribution is 6.05. The van der Waals surface area contributed by atoms with Gasteiger partial charge in [-0.05, 0) is 30.5 Å². The van der Waals surface area contributed by atoms with Crippen molar-refractivity contribution in [2.45, 2.75) is 19.4 Å². The van der Waals surface area contributed by atoms with E-state index in [4.69, 9.17) is 4.74 Å². The van der Waals surface area contributed by atoms with Gasteiger partial charge in [0.05, 0.1) is 14.2 Å². The van der Waals surface area contributed by atoms with Gasteiger partial charge >= 0.3 is 5.97 Å². The van der Waals surface area contributed by atoms with Gasteiger partial charge in [0, 0.05) is 6.54 Å². The zero-order valence-electron chi connectivity index (χ0n) is 11.1. The SMILES string of the molecule is COC(=O)C1(C(=O)NCc2cccc(OC)c2)CC1. The minimum atomic E-state index is -0.951. The number of benzene rings is 1. The Kier molecular flexibility index (Phi) is 3.74. The van der Waals surface area contributed by atoms with Gasteiger partial charge in [-0.3, -0.25) is 9.59 Å². The number of amides is 1. The first-order valence-electron chi connectivity index (χ1n) is 6.12. The molecule has 5 nitrogen and oxygen atoms in total. The van der Waals surface area contributed by atoms with Crippen LogP contribution < -0.4 is 10.1 Å².